The summed E-state index contributed by atoms with van der Waals surface area (Å²) in [5, 5.41) is 8.75. The number of hydrogen-bond acceptors (Lipinski definition) is 3. The van der Waals surface area contributed by atoms with E-state index in [1.165, 1.54) is 0 Å². The summed E-state index contributed by atoms with van der Waals surface area (Å²) in [5.41, 5.74) is 1.70. The molecular weight excluding hydrogens is 258 g/mol. The highest BCUT2D eigenvalue weighted by Gasteiger charge is 2.06. The van der Waals surface area contributed by atoms with Crippen LogP contribution in [0.5, 0.6) is 0 Å². The molecule has 0 fully saturated rings. The first-order valence-electron chi connectivity index (χ1n) is 4.61. The number of hydrogen-bond donors (Lipinski definition) is 1. The Hall–Kier alpha value is -1.13. The van der Waals surface area contributed by atoms with Crippen molar-refractivity contribution < 1.29 is 9.52 Å². The molecule has 1 heterocycles. The minimum absolute atomic E-state index is 0.0878. The average molecular weight is 268 g/mol. The molecule has 0 atom stereocenters. The molecule has 15 heavy (non-hydrogen) atoms. The van der Waals surface area contributed by atoms with Crippen LogP contribution in [0.1, 0.15) is 5.69 Å². The Morgan fingerprint density at radius 1 is 1.40 bits per heavy atom. The largest absolute Gasteiger partial charge is 0.444 e. The van der Waals surface area contributed by atoms with Gasteiger partial charge in [0.2, 0.25) is 5.89 Å². The lowest BCUT2D eigenvalue weighted by atomic mass is 10.2. The van der Waals surface area contributed by atoms with E-state index in [-0.39, 0.29) is 6.61 Å². The SMILES string of the molecule is OCCc1coc(-c2cccc(Br)c2)n1. The maximum atomic E-state index is 8.75. The van der Waals surface area contributed by atoms with Gasteiger partial charge in [0, 0.05) is 23.1 Å². The molecular formula is C11H10BrNO2. The van der Waals surface area contributed by atoms with Gasteiger partial charge in [-0.2, -0.15) is 0 Å². The van der Waals surface area contributed by atoms with Gasteiger partial charge in [-0.05, 0) is 18.2 Å². The molecule has 4 heteroatoms. The molecule has 78 valence electrons. The molecule has 1 aromatic heterocycles. The minimum Gasteiger partial charge on any atom is -0.444 e. The molecule has 1 aromatic carbocycles. The lowest BCUT2D eigenvalue weighted by Gasteiger charge is -1.95. The van der Waals surface area contributed by atoms with E-state index < -0.39 is 0 Å². The van der Waals surface area contributed by atoms with Gasteiger partial charge >= 0.3 is 0 Å². The van der Waals surface area contributed by atoms with E-state index in [0.29, 0.717) is 12.3 Å². The quantitative estimate of drug-likeness (QED) is 0.930. The van der Waals surface area contributed by atoms with E-state index in [1.54, 1.807) is 6.26 Å². The predicted molar refractivity (Wildman–Crippen MR) is 60.4 cm³/mol. The molecule has 0 amide bonds. The van der Waals surface area contributed by atoms with Gasteiger partial charge in [-0.3, -0.25) is 0 Å². The van der Waals surface area contributed by atoms with Crippen molar-refractivity contribution in [1.82, 2.24) is 4.98 Å². The lowest BCUT2D eigenvalue weighted by molar-refractivity contribution is 0.298. The summed E-state index contributed by atoms with van der Waals surface area (Å²) in [6.45, 7) is 0.0878. The first kappa shape index (κ1) is 10.4. The van der Waals surface area contributed by atoms with Crippen LogP contribution in [-0.4, -0.2) is 16.7 Å². The van der Waals surface area contributed by atoms with Crippen molar-refractivity contribution in [3.05, 3.63) is 40.7 Å². The summed E-state index contributed by atoms with van der Waals surface area (Å²) in [4.78, 5) is 4.26. The number of nitrogens with zero attached hydrogens (tertiary/aromatic N) is 1. The van der Waals surface area contributed by atoms with Crippen LogP contribution >= 0.6 is 15.9 Å². The van der Waals surface area contributed by atoms with Crippen LogP contribution in [0.4, 0.5) is 0 Å². The predicted octanol–water partition coefficient (Wildman–Crippen LogP) is 2.64. The van der Waals surface area contributed by atoms with Gasteiger partial charge in [-0.15, -0.1) is 0 Å². The number of oxazole rings is 1. The van der Waals surface area contributed by atoms with Crippen molar-refractivity contribution in [3.63, 3.8) is 0 Å². The molecule has 0 spiro atoms. The number of aromatic nitrogens is 1. The van der Waals surface area contributed by atoms with Gasteiger partial charge in [0.1, 0.15) is 6.26 Å². The van der Waals surface area contributed by atoms with E-state index in [0.717, 1.165) is 15.7 Å². The fourth-order valence-corrected chi connectivity index (χ4v) is 1.69. The molecule has 0 radical (unpaired) electrons. The molecule has 1 N–H and O–H groups in total. The molecule has 2 rings (SSSR count). The Morgan fingerprint density at radius 2 is 2.27 bits per heavy atom. The average Bonchev–Trinajstić information content (AvgIpc) is 2.67. The van der Waals surface area contributed by atoms with Crippen LogP contribution in [0, 0.1) is 0 Å². The van der Waals surface area contributed by atoms with Crippen LogP contribution < -0.4 is 0 Å². The summed E-state index contributed by atoms with van der Waals surface area (Å²) in [5.74, 6) is 0.583. The highest BCUT2D eigenvalue weighted by atomic mass is 79.9. The zero-order valence-electron chi connectivity index (χ0n) is 7.98. The topological polar surface area (TPSA) is 46.3 Å². The lowest BCUT2D eigenvalue weighted by Crippen LogP contribution is -1.90. The van der Waals surface area contributed by atoms with Crippen molar-refractivity contribution in [2.45, 2.75) is 6.42 Å². The van der Waals surface area contributed by atoms with Crippen LogP contribution in [0.2, 0.25) is 0 Å². The Labute approximate surface area is 95.9 Å². The molecule has 0 saturated carbocycles. The second kappa shape index (κ2) is 4.59. The Kier molecular flexibility index (Phi) is 3.18. The van der Waals surface area contributed by atoms with Crippen molar-refractivity contribution >= 4 is 15.9 Å². The summed E-state index contributed by atoms with van der Waals surface area (Å²) >= 11 is 3.39. The third kappa shape index (κ3) is 2.46. The van der Waals surface area contributed by atoms with E-state index in [1.807, 2.05) is 24.3 Å². The fourth-order valence-electron chi connectivity index (χ4n) is 1.29. The molecule has 0 aliphatic heterocycles. The van der Waals surface area contributed by atoms with Gasteiger partial charge in [0.25, 0.3) is 0 Å². The van der Waals surface area contributed by atoms with Gasteiger partial charge in [-0.1, -0.05) is 22.0 Å². The van der Waals surface area contributed by atoms with Gasteiger partial charge < -0.3 is 9.52 Å². The summed E-state index contributed by atoms with van der Waals surface area (Å²) < 4.78 is 6.30. The Morgan fingerprint density at radius 3 is 3.00 bits per heavy atom. The van der Waals surface area contributed by atoms with Gasteiger partial charge in [0.15, 0.2) is 0 Å². The van der Waals surface area contributed by atoms with Crippen LogP contribution in [0.15, 0.2) is 39.4 Å². The summed E-state index contributed by atoms with van der Waals surface area (Å²) in [6, 6.07) is 7.74. The number of rotatable bonds is 3. The Balaban J connectivity index is 2.29. The molecule has 0 saturated heterocycles. The van der Waals surface area contributed by atoms with Crippen LogP contribution in [0.25, 0.3) is 11.5 Å². The number of benzene rings is 1. The minimum atomic E-state index is 0.0878. The van der Waals surface area contributed by atoms with Crippen LogP contribution in [-0.2, 0) is 6.42 Å². The second-order valence-corrected chi connectivity index (χ2v) is 4.04. The monoisotopic (exact) mass is 267 g/mol. The highest BCUT2D eigenvalue weighted by Crippen LogP contribution is 2.22. The normalized spacial score (nSPS) is 10.5. The summed E-state index contributed by atoms with van der Waals surface area (Å²) in [7, 11) is 0. The van der Waals surface area contributed by atoms with Crippen molar-refractivity contribution in [2.75, 3.05) is 6.61 Å². The van der Waals surface area contributed by atoms with Crippen molar-refractivity contribution in [3.8, 4) is 11.5 Å². The summed E-state index contributed by atoms with van der Waals surface area (Å²) in [6.07, 6.45) is 2.10. The Bertz CT molecular complexity index is 453. The highest BCUT2D eigenvalue weighted by molar-refractivity contribution is 9.10. The first-order valence-corrected chi connectivity index (χ1v) is 5.40. The van der Waals surface area contributed by atoms with Gasteiger partial charge in [-0.25, -0.2) is 4.98 Å². The number of halogens is 1. The smallest absolute Gasteiger partial charge is 0.226 e. The third-order valence-electron chi connectivity index (χ3n) is 1.99. The van der Waals surface area contributed by atoms with E-state index in [4.69, 9.17) is 9.52 Å². The van der Waals surface area contributed by atoms with E-state index in [9.17, 15) is 0 Å². The van der Waals surface area contributed by atoms with Gasteiger partial charge in [0.05, 0.1) is 5.69 Å². The maximum Gasteiger partial charge on any atom is 0.226 e. The van der Waals surface area contributed by atoms with Crippen LogP contribution in [0.3, 0.4) is 0 Å². The molecule has 0 aliphatic rings. The molecule has 0 unspecified atom stereocenters. The maximum absolute atomic E-state index is 8.75. The standard InChI is InChI=1S/C11H10BrNO2/c12-9-3-1-2-8(6-9)11-13-10(4-5-14)7-15-11/h1-3,6-7,14H,4-5H2. The van der Waals surface area contributed by atoms with E-state index in [2.05, 4.69) is 20.9 Å². The zero-order chi connectivity index (χ0) is 10.7. The number of aliphatic hydroxyl groups is 1. The molecule has 0 bridgehead atoms. The zero-order valence-corrected chi connectivity index (χ0v) is 9.57. The third-order valence-corrected chi connectivity index (χ3v) is 2.48. The molecule has 2 aromatic rings. The van der Waals surface area contributed by atoms with E-state index >= 15 is 0 Å². The first-order chi connectivity index (χ1) is 7.29. The second-order valence-electron chi connectivity index (χ2n) is 3.13. The van der Waals surface area contributed by atoms with Crippen molar-refractivity contribution in [1.29, 1.82) is 0 Å². The van der Waals surface area contributed by atoms with Crippen molar-refractivity contribution in [2.24, 2.45) is 0 Å². The molecule has 0 aliphatic carbocycles. The molecule has 3 nitrogen and oxygen atoms in total. The fraction of sp³-hybridized carbons (Fsp3) is 0.182. The number of aliphatic hydroxyl groups excluding tert-OH is 1.